The van der Waals surface area contributed by atoms with Crippen LogP contribution in [0.5, 0.6) is 0 Å². The lowest BCUT2D eigenvalue weighted by Gasteiger charge is -2.26. The van der Waals surface area contributed by atoms with Crippen LogP contribution in [0, 0.1) is 5.92 Å². The van der Waals surface area contributed by atoms with Crippen LogP contribution in [0.4, 0.5) is 0 Å². The van der Waals surface area contributed by atoms with Crippen molar-refractivity contribution >= 4 is 11.3 Å². The molecule has 4 heteroatoms. The molecule has 1 aromatic heterocycles. The molecule has 0 aliphatic carbocycles. The maximum Gasteiger partial charge on any atom is 0.107 e. The molecule has 2 unspecified atom stereocenters. The van der Waals surface area contributed by atoms with E-state index in [2.05, 4.69) is 43.3 Å². The molecule has 3 nitrogen and oxygen atoms in total. The summed E-state index contributed by atoms with van der Waals surface area (Å²) in [5.41, 5.74) is 1.25. The number of rotatable bonds is 7. The summed E-state index contributed by atoms with van der Waals surface area (Å²) in [7, 11) is 0. The Balaban J connectivity index is 1.85. The van der Waals surface area contributed by atoms with Gasteiger partial charge in [-0.3, -0.25) is 4.90 Å². The second-order valence-electron chi connectivity index (χ2n) is 6.42. The summed E-state index contributed by atoms with van der Waals surface area (Å²) in [6, 6.07) is 1.47. The summed E-state index contributed by atoms with van der Waals surface area (Å²) in [5.74, 6) is 0.699. The summed E-state index contributed by atoms with van der Waals surface area (Å²) in [5, 5.41) is 6.93. The van der Waals surface area contributed by atoms with Crippen LogP contribution in [0.15, 0.2) is 5.38 Å². The highest BCUT2D eigenvalue weighted by atomic mass is 32.1. The second-order valence-corrected chi connectivity index (χ2v) is 7.36. The van der Waals surface area contributed by atoms with Crippen molar-refractivity contribution in [3.05, 3.63) is 16.1 Å². The fourth-order valence-corrected chi connectivity index (χ4v) is 3.76. The van der Waals surface area contributed by atoms with E-state index in [0.717, 1.165) is 25.7 Å². The first-order valence-corrected chi connectivity index (χ1v) is 8.87. The van der Waals surface area contributed by atoms with E-state index in [0.29, 0.717) is 12.0 Å². The molecule has 1 saturated heterocycles. The summed E-state index contributed by atoms with van der Waals surface area (Å²) in [6.45, 7) is 12.1. The average Bonchev–Trinajstić information content (AvgIpc) is 2.98. The Kier molecular flexibility index (Phi) is 6.00. The minimum Gasteiger partial charge on any atom is -0.310 e. The van der Waals surface area contributed by atoms with Crippen molar-refractivity contribution in [1.29, 1.82) is 0 Å². The second kappa shape index (κ2) is 7.53. The number of hydrogen-bond acceptors (Lipinski definition) is 4. The van der Waals surface area contributed by atoms with Gasteiger partial charge in [-0.2, -0.15) is 0 Å². The van der Waals surface area contributed by atoms with Gasteiger partial charge in [0.05, 0.1) is 5.69 Å². The van der Waals surface area contributed by atoms with E-state index in [1.165, 1.54) is 30.0 Å². The molecule has 1 fully saturated rings. The zero-order chi connectivity index (χ0) is 14.5. The van der Waals surface area contributed by atoms with Gasteiger partial charge in [0.2, 0.25) is 0 Å². The third-order valence-corrected chi connectivity index (χ3v) is 5.09. The minimum atomic E-state index is 0.699. The third-order valence-electron chi connectivity index (χ3n) is 4.20. The molecule has 1 aliphatic heterocycles. The number of hydrogen-bond donors (Lipinski definition) is 1. The van der Waals surface area contributed by atoms with E-state index >= 15 is 0 Å². The summed E-state index contributed by atoms with van der Waals surface area (Å²) >= 11 is 1.79. The van der Waals surface area contributed by atoms with Crippen LogP contribution in [0.1, 0.15) is 57.7 Å². The quantitative estimate of drug-likeness (QED) is 0.832. The molecule has 20 heavy (non-hydrogen) atoms. The lowest BCUT2D eigenvalue weighted by atomic mass is 10.1. The smallest absolute Gasteiger partial charge is 0.107 e. The maximum atomic E-state index is 4.79. The highest BCUT2D eigenvalue weighted by Crippen LogP contribution is 2.28. The van der Waals surface area contributed by atoms with Gasteiger partial charge in [-0.25, -0.2) is 4.98 Å². The molecule has 0 bridgehead atoms. The van der Waals surface area contributed by atoms with E-state index < -0.39 is 0 Å². The average molecular weight is 295 g/mol. The number of aromatic nitrogens is 1. The van der Waals surface area contributed by atoms with Crippen LogP contribution in [-0.2, 0) is 13.1 Å². The van der Waals surface area contributed by atoms with Crippen LogP contribution in [0.3, 0.4) is 0 Å². The fraction of sp³-hybridized carbons (Fsp3) is 0.812. The summed E-state index contributed by atoms with van der Waals surface area (Å²) in [4.78, 5) is 7.43. The molecular weight excluding hydrogens is 266 g/mol. The fourth-order valence-electron chi connectivity index (χ4n) is 3.01. The van der Waals surface area contributed by atoms with E-state index in [-0.39, 0.29) is 0 Å². The molecule has 2 rings (SSSR count). The van der Waals surface area contributed by atoms with E-state index in [1.807, 2.05) is 0 Å². The molecule has 0 aromatic carbocycles. The van der Waals surface area contributed by atoms with E-state index in [9.17, 15) is 0 Å². The van der Waals surface area contributed by atoms with Crippen LogP contribution in [0.2, 0.25) is 0 Å². The summed E-state index contributed by atoms with van der Waals surface area (Å²) in [6.07, 6.45) is 3.95. The molecule has 1 N–H and O–H groups in total. The lowest BCUT2D eigenvalue weighted by Crippen LogP contribution is -2.33. The van der Waals surface area contributed by atoms with Crippen molar-refractivity contribution in [3.8, 4) is 0 Å². The number of likely N-dealkylation sites (tertiary alicyclic amines) is 1. The normalized spacial score (nSPS) is 23.9. The monoisotopic (exact) mass is 295 g/mol. The SMILES string of the molecule is CCC1CCC(C)N1Cc1csc(CNCC(C)C)n1. The molecule has 1 aromatic rings. The predicted octanol–water partition coefficient (Wildman–Crippen LogP) is 3.65. The number of nitrogens with zero attached hydrogens (tertiary/aromatic N) is 2. The molecule has 114 valence electrons. The van der Waals surface area contributed by atoms with Crippen molar-refractivity contribution in [2.45, 2.75) is 72.1 Å². The molecule has 2 heterocycles. The molecule has 0 radical (unpaired) electrons. The highest BCUT2D eigenvalue weighted by Gasteiger charge is 2.29. The Morgan fingerprint density at radius 1 is 1.45 bits per heavy atom. The first-order valence-electron chi connectivity index (χ1n) is 7.99. The van der Waals surface area contributed by atoms with Crippen molar-refractivity contribution in [1.82, 2.24) is 15.2 Å². The molecule has 2 atom stereocenters. The van der Waals surface area contributed by atoms with Gasteiger partial charge in [0.15, 0.2) is 0 Å². The third kappa shape index (κ3) is 4.27. The van der Waals surface area contributed by atoms with Gasteiger partial charge in [0.25, 0.3) is 0 Å². The first kappa shape index (κ1) is 15.9. The van der Waals surface area contributed by atoms with Crippen LogP contribution < -0.4 is 5.32 Å². The molecule has 0 saturated carbocycles. The van der Waals surface area contributed by atoms with Crippen LogP contribution in [-0.4, -0.2) is 28.5 Å². The maximum absolute atomic E-state index is 4.79. The topological polar surface area (TPSA) is 28.2 Å². The largest absolute Gasteiger partial charge is 0.310 e. The van der Waals surface area contributed by atoms with Gasteiger partial charge in [-0.15, -0.1) is 11.3 Å². The number of thiazole rings is 1. The van der Waals surface area contributed by atoms with Crippen molar-refractivity contribution in [3.63, 3.8) is 0 Å². The van der Waals surface area contributed by atoms with Crippen LogP contribution in [0.25, 0.3) is 0 Å². The Morgan fingerprint density at radius 3 is 2.95 bits per heavy atom. The zero-order valence-electron chi connectivity index (χ0n) is 13.4. The lowest BCUT2D eigenvalue weighted by molar-refractivity contribution is 0.187. The minimum absolute atomic E-state index is 0.699. The van der Waals surface area contributed by atoms with Gasteiger partial charge in [-0.1, -0.05) is 20.8 Å². The van der Waals surface area contributed by atoms with Crippen molar-refractivity contribution in [2.24, 2.45) is 5.92 Å². The van der Waals surface area contributed by atoms with Crippen LogP contribution >= 0.6 is 11.3 Å². The predicted molar refractivity (Wildman–Crippen MR) is 87.0 cm³/mol. The molecule has 0 amide bonds. The summed E-state index contributed by atoms with van der Waals surface area (Å²) < 4.78 is 0. The van der Waals surface area contributed by atoms with E-state index in [1.54, 1.807) is 11.3 Å². The van der Waals surface area contributed by atoms with Gasteiger partial charge >= 0.3 is 0 Å². The first-order chi connectivity index (χ1) is 9.60. The van der Waals surface area contributed by atoms with E-state index in [4.69, 9.17) is 4.98 Å². The standard InChI is InChI=1S/C16H29N3S/c1-5-15-7-6-13(4)19(15)10-14-11-20-16(18-14)9-17-8-12(2)3/h11-13,15,17H,5-10H2,1-4H3. The Bertz CT molecular complexity index is 402. The molecule has 0 spiro atoms. The Morgan fingerprint density at radius 2 is 2.25 bits per heavy atom. The van der Waals surface area contributed by atoms with Gasteiger partial charge in [-0.05, 0) is 38.6 Å². The van der Waals surface area contributed by atoms with Crippen molar-refractivity contribution < 1.29 is 0 Å². The van der Waals surface area contributed by atoms with Gasteiger partial charge in [0.1, 0.15) is 5.01 Å². The van der Waals surface area contributed by atoms with Crippen molar-refractivity contribution in [2.75, 3.05) is 6.54 Å². The zero-order valence-corrected chi connectivity index (χ0v) is 14.2. The Labute approximate surface area is 127 Å². The highest BCUT2D eigenvalue weighted by molar-refractivity contribution is 7.09. The van der Waals surface area contributed by atoms with Gasteiger partial charge in [0, 0.05) is 30.6 Å². The Hall–Kier alpha value is -0.450. The molecule has 1 aliphatic rings. The van der Waals surface area contributed by atoms with Gasteiger partial charge < -0.3 is 5.32 Å². The molecular formula is C16H29N3S. The number of nitrogens with one attached hydrogen (secondary N) is 1.